The Bertz CT molecular complexity index is 3890. The number of allylic oxidation sites excluding steroid dienone is 1. The molecule has 10 aliphatic heterocycles. The molecule has 15 rings (SSSR count). The number of hydrazine groups is 1. The largest absolute Gasteiger partial charge is 0.363 e. The fraction of sp³-hybridized carbons (Fsp3) is 0.738. The molecule has 3 N–H and O–H groups in total. The highest BCUT2D eigenvalue weighted by atomic mass is 32.2. The Morgan fingerprint density at radius 2 is 0.986 bits per heavy atom. The average Bonchev–Trinajstić information content (AvgIpc) is 1.71. The Hall–Kier alpha value is -9.05. The summed E-state index contributed by atoms with van der Waals surface area (Å²) in [6.45, 7) is 108. The number of tetrazole rings is 1. The summed E-state index contributed by atoms with van der Waals surface area (Å²) >= 11 is 2.03. The fourth-order valence-corrected chi connectivity index (χ4v) is 14.5. The van der Waals surface area contributed by atoms with E-state index in [1.54, 1.807) is 67.5 Å². The van der Waals surface area contributed by atoms with Gasteiger partial charge in [0.25, 0.3) is 0 Å². The third-order valence-corrected chi connectivity index (χ3v) is 22.6. The van der Waals surface area contributed by atoms with Crippen molar-refractivity contribution in [3.63, 3.8) is 0 Å². The number of carbonyl (C=O) groups excluding carboxylic acids is 3. The maximum absolute atomic E-state index is 11.1. The minimum Gasteiger partial charge on any atom is -0.363 e. The second kappa shape index (κ2) is 63.9. The summed E-state index contributed by atoms with van der Waals surface area (Å²) in [6.07, 6.45) is 43.1. The second-order valence-electron chi connectivity index (χ2n) is 46.5. The van der Waals surface area contributed by atoms with Crippen LogP contribution in [0, 0.1) is 0 Å². The van der Waals surface area contributed by atoms with Crippen molar-refractivity contribution in [2.45, 2.75) is 431 Å². The Balaban J connectivity index is -0.000000707. The van der Waals surface area contributed by atoms with E-state index in [0.29, 0.717) is 53.1 Å². The van der Waals surface area contributed by atoms with E-state index in [9.17, 15) is 14.4 Å². The van der Waals surface area contributed by atoms with Gasteiger partial charge < -0.3 is 45.0 Å². The lowest BCUT2D eigenvalue weighted by atomic mass is 10.1. The van der Waals surface area contributed by atoms with Crippen LogP contribution in [-0.4, -0.2) is 294 Å². The molecule has 10 aliphatic rings. The third-order valence-electron chi connectivity index (χ3n) is 21.7. The van der Waals surface area contributed by atoms with Crippen molar-refractivity contribution in [2.75, 3.05) is 90.2 Å². The summed E-state index contributed by atoms with van der Waals surface area (Å²) in [4.78, 5) is 62.6. The van der Waals surface area contributed by atoms with Crippen molar-refractivity contribution in [3.05, 3.63) is 148 Å². The number of aliphatic imine (C=N–C) groups is 1. The third kappa shape index (κ3) is 56.7. The fourth-order valence-electron chi connectivity index (χ4n) is 13.3. The number of urea groups is 1. The highest BCUT2D eigenvalue weighted by Gasteiger charge is 2.33. The Labute approximate surface area is 859 Å². The molecule has 0 bridgehead atoms. The number of carbonyl (C=O) groups is 3. The highest BCUT2D eigenvalue weighted by molar-refractivity contribution is 7.99. The lowest BCUT2D eigenvalue weighted by Gasteiger charge is -2.34. The number of nitrogens with zero attached hydrogens (tertiary/aromatic N) is 26. The quantitative estimate of drug-likeness (QED) is 0.141. The van der Waals surface area contributed by atoms with Gasteiger partial charge in [-0.05, 0) is 339 Å². The topological polar surface area (TPSA) is 286 Å². The molecular weight excluding hydrogens is 1770 g/mol. The van der Waals surface area contributed by atoms with Crippen LogP contribution in [0.25, 0.3) is 0 Å². The molecular formula is C107H209N29O3S. The van der Waals surface area contributed by atoms with Gasteiger partial charge in [0.15, 0.2) is 0 Å². The van der Waals surface area contributed by atoms with Crippen molar-refractivity contribution in [2.24, 2.45) is 4.99 Å². The minimum absolute atomic E-state index is 0. The predicted molar refractivity (Wildman–Crippen MR) is 596 cm³/mol. The van der Waals surface area contributed by atoms with Gasteiger partial charge >= 0.3 is 6.03 Å². The van der Waals surface area contributed by atoms with Crippen LogP contribution in [0.1, 0.15) is 370 Å². The number of thioether (sulfide) groups is 1. The van der Waals surface area contributed by atoms with Gasteiger partial charge in [0.1, 0.15) is 24.8 Å². The summed E-state index contributed by atoms with van der Waals surface area (Å²) in [5.74, 6) is 4.01. The van der Waals surface area contributed by atoms with E-state index in [1.165, 1.54) is 44.1 Å². The molecule has 0 aromatic carbocycles. The maximum Gasteiger partial charge on any atom is 0.317 e. The van der Waals surface area contributed by atoms with Crippen LogP contribution < -0.4 is 16.1 Å². The lowest BCUT2D eigenvalue weighted by Crippen LogP contribution is -2.43. The molecule has 806 valence electrons. The lowest BCUT2D eigenvalue weighted by molar-refractivity contribution is -0.132. The monoisotopic (exact) mass is 1980 g/mol. The van der Waals surface area contributed by atoms with Crippen LogP contribution in [0.3, 0.4) is 0 Å². The van der Waals surface area contributed by atoms with Crippen LogP contribution in [0.5, 0.6) is 0 Å². The molecule has 4 saturated heterocycles. The van der Waals surface area contributed by atoms with Crippen LogP contribution in [0.2, 0.25) is 0 Å². The Kier molecular flexibility index (Phi) is 62.6. The first-order chi connectivity index (χ1) is 62.4. The first kappa shape index (κ1) is 137. The van der Waals surface area contributed by atoms with Gasteiger partial charge in [0, 0.05) is 206 Å². The molecule has 32 nitrogen and oxygen atoms in total. The maximum atomic E-state index is 11.1. The molecule has 15 heterocycles. The number of hydrogen-bond donors (Lipinski definition) is 3. The van der Waals surface area contributed by atoms with E-state index >= 15 is 0 Å². The Morgan fingerprint density at radius 1 is 0.436 bits per heavy atom. The number of hydrogen-bond acceptors (Lipinski definition) is 24. The summed E-state index contributed by atoms with van der Waals surface area (Å²) < 4.78 is 7.24. The molecule has 4 fully saturated rings. The first-order valence-electron chi connectivity index (χ1n) is 49.1. The van der Waals surface area contributed by atoms with Crippen LogP contribution in [0.4, 0.5) is 4.79 Å². The van der Waals surface area contributed by atoms with Gasteiger partial charge in [-0.3, -0.25) is 43.3 Å². The summed E-state index contributed by atoms with van der Waals surface area (Å²) in [6, 6.07) is 3.60. The SMILES string of the molecule is C.C.C.C.C=C1C=CCN1C(C)(C)C.C=C1NC=CN1C(C)(C)C.CC(C)(C)N1C=CCC1=O.CC(C)(C)N1C=CCN1.CC(C)(C)N1C=NCC1.CC(C)(C)N1CC=CC1.CC(C)(C)N1CCCC1.CC(C)(C)N1CCCC1=O.CC(C)(C)N1CCNC1=O.CC(C)(C)N1CCSC1.CC(C)(C)n1cccn1.CC(C)n1ccnn1.CC(C)n1cncn1.CC(C)n1cnnn1.CC(C)n1nccn1. The summed E-state index contributed by atoms with van der Waals surface area (Å²) in [5, 5.41) is 41.8. The molecule has 140 heavy (non-hydrogen) atoms. The van der Waals surface area contributed by atoms with Gasteiger partial charge in [-0.2, -0.15) is 25.2 Å². The van der Waals surface area contributed by atoms with Gasteiger partial charge in [-0.25, -0.2) is 19.9 Å². The standard InChI is InChI=1S/C9H15N.C8H14N2.C8H15NO.C8H13NO.C8H17N.C8H15N.C7H14N2O.2C7H14N2.C7H12N2.C7H15NS.3C5H9N3.C4H8N4.4CH4/c1-8-6-5-7-10(8)9(2,3)4;1-7-9-5-6-10(7)8(2,3)4;2*1-8(2,3)9-6-4-5-7(9)10;2*1-8(2,3)9-6-4-5-7-9;1-7(2,3)9-5-4-8-6(9)10;1-7(2,3)9-5-4-8-6-9;2*1-7(2,3)9-6-4-5-8-9;1-7(2,3)8-4-5-9-6-8;1-5(2)8-4-6-3-7-8;1-5(2)8-4-3-6-7-8;1-5(2)8-6-3-4-7-8;1-4(2)8-3-5-6-7-8;;;;/h5-6H,1,7H2,2-4H3;5-6,9H,1H2,2-4H3;4-6H2,1-3H3;4,6H,5H2,1-3H3;4-7H2,1-3H3;4-5H,6-7H2,1-3H3;4-5H2,1-3H3,(H,8,10);6H,4-5H2,1-3H3;4,6,8H,5H2,1-3H3;4-6H,1-3H3;4-6H2,1-3H3;3*3-5H,1-2H3;3-4H,1-2H3;4*1H4. The summed E-state index contributed by atoms with van der Waals surface area (Å²) in [5.41, 5.74) is 6.43. The van der Waals surface area contributed by atoms with Gasteiger partial charge in [0.05, 0.1) is 43.1 Å². The van der Waals surface area contributed by atoms with E-state index in [4.69, 9.17) is 0 Å². The molecule has 0 spiro atoms. The van der Waals surface area contributed by atoms with E-state index in [1.807, 2.05) is 145 Å². The van der Waals surface area contributed by atoms with Gasteiger partial charge in [-0.1, -0.05) is 78.5 Å². The number of amides is 4. The van der Waals surface area contributed by atoms with Crippen molar-refractivity contribution in [3.8, 4) is 0 Å². The normalized spacial score (nSPS) is 16.7. The second-order valence-corrected chi connectivity index (χ2v) is 47.5. The van der Waals surface area contributed by atoms with Crippen molar-refractivity contribution < 1.29 is 14.4 Å². The molecule has 0 radical (unpaired) electrons. The minimum atomic E-state index is -0.0515. The Morgan fingerprint density at radius 3 is 1.20 bits per heavy atom. The van der Waals surface area contributed by atoms with E-state index in [2.05, 4.69) is 371 Å². The van der Waals surface area contributed by atoms with Gasteiger partial charge in [-0.15, -0.1) is 22.0 Å². The number of nitrogens with one attached hydrogen (secondary N) is 3. The number of rotatable bonds is 4. The molecule has 0 unspecified atom stereocenters. The molecule has 5 aromatic rings. The zero-order valence-corrected chi connectivity index (χ0v) is 93.9. The molecule has 4 amide bonds. The first-order valence-corrected chi connectivity index (χ1v) is 50.2. The van der Waals surface area contributed by atoms with Crippen LogP contribution in [-0.2, 0) is 15.1 Å². The predicted octanol–water partition coefficient (Wildman–Crippen LogP) is 22.1. The molecule has 33 heteroatoms. The number of likely N-dealkylation sites (tertiary alicyclic amines) is 2. The molecule has 0 saturated carbocycles. The molecule has 5 aromatic heterocycles. The summed E-state index contributed by atoms with van der Waals surface area (Å²) in [7, 11) is 0. The van der Waals surface area contributed by atoms with Crippen LogP contribution in [0.15, 0.2) is 153 Å². The smallest absolute Gasteiger partial charge is 0.317 e. The van der Waals surface area contributed by atoms with Gasteiger partial charge in [0.2, 0.25) is 11.8 Å². The van der Waals surface area contributed by atoms with Crippen LogP contribution >= 0.6 is 11.8 Å². The molecule has 0 aliphatic carbocycles. The molecule has 0 atom stereocenters. The van der Waals surface area contributed by atoms with E-state index < -0.39 is 0 Å². The zero-order chi connectivity index (χ0) is 104. The van der Waals surface area contributed by atoms with E-state index in [-0.39, 0.29) is 86.0 Å². The van der Waals surface area contributed by atoms with Crippen molar-refractivity contribution in [1.82, 2.24) is 140 Å². The highest BCUT2D eigenvalue weighted by Crippen LogP contribution is 2.28. The zero-order valence-electron chi connectivity index (χ0n) is 93.0. The van der Waals surface area contributed by atoms with Crippen molar-refractivity contribution in [1.29, 1.82) is 0 Å². The van der Waals surface area contributed by atoms with Crippen molar-refractivity contribution >= 4 is 35.9 Å². The number of aromatic nitrogens is 15. The van der Waals surface area contributed by atoms with E-state index in [0.717, 1.165) is 83.3 Å². The average molecular weight is 1980 g/mol.